The molecule has 0 saturated carbocycles. The summed E-state index contributed by atoms with van der Waals surface area (Å²) in [5.41, 5.74) is 2.45. The zero-order chi connectivity index (χ0) is 13.1. The zero-order valence-electron chi connectivity index (χ0n) is 12.1. The van der Waals surface area contributed by atoms with Crippen molar-refractivity contribution in [3.05, 3.63) is 22.7 Å². The number of hydrogen-bond acceptors (Lipinski definition) is 2. The third kappa shape index (κ3) is 3.52. The van der Waals surface area contributed by atoms with Crippen LogP contribution in [0.2, 0.25) is 0 Å². The van der Waals surface area contributed by atoms with Gasteiger partial charge in [-0.25, -0.2) is 0 Å². The van der Waals surface area contributed by atoms with Crippen molar-refractivity contribution >= 4 is 0 Å². The third-order valence-corrected chi connectivity index (χ3v) is 3.55. The summed E-state index contributed by atoms with van der Waals surface area (Å²) in [6.45, 7) is 10.7. The highest BCUT2D eigenvalue weighted by Crippen LogP contribution is 2.34. The summed E-state index contributed by atoms with van der Waals surface area (Å²) < 4.78 is 11.5. The quantitative estimate of drug-likeness (QED) is 0.670. The molecule has 0 aromatic rings. The fraction of sp³-hybridized carbons (Fsp3) is 0.733. The zero-order valence-corrected chi connectivity index (χ0v) is 12.1. The van der Waals surface area contributed by atoms with E-state index in [0.717, 1.165) is 30.8 Å². The molecule has 17 heavy (non-hydrogen) atoms. The highest BCUT2D eigenvalue weighted by atomic mass is 16.5. The third-order valence-electron chi connectivity index (χ3n) is 3.55. The van der Waals surface area contributed by atoms with Crippen LogP contribution in [0.15, 0.2) is 22.7 Å². The van der Waals surface area contributed by atoms with Crippen molar-refractivity contribution in [2.75, 3.05) is 7.11 Å². The second kappa shape index (κ2) is 5.61. The Morgan fingerprint density at radius 3 is 2.47 bits per heavy atom. The standard InChI is InChI=1S/C15H26O2/c1-7-13(16-6)11(2)12(3)14-9-8-10-15(4,5)17-14/h7-10H2,1-6H3/b13-11+,14-12+. The van der Waals surface area contributed by atoms with Crippen LogP contribution in [0.5, 0.6) is 0 Å². The van der Waals surface area contributed by atoms with Gasteiger partial charge in [0.15, 0.2) is 0 Å². The predicted octanol–water partition coefficient (Wildman–Crippen LogP) is 4.57. The minimum absolute atomic E-state index is 0.0193. The number of allylic oxidation sites excluding steroid dienone is 4. The van der Waals surface area contributed by atoms with Crippen LogP contribution >= 0.6 is 0 Å². The van der Waals surface area contributed by atoms with Crippen LogP contribution in [0.25, 0.3) is 0 Å². The first kappa shape index (κ1) is 14.1. The van der Waals surface area contributed by atoms with Crippen molar-refractivity contribution in [3.8, 4) is 0 Å². The Balaban J connectivity index is 3.00. The Morgan fingerprint density at radius 1 is 1.35 bits per heavy atom. The lowest BCUT2D eigenvalue weighted by Gasteiger charge is -2.34. The Morgan fingerprint density at radius 2 is 2.00 bits per heavy atom. The number of ether oxygens (including phenoxy) is 2. The number of methoxy groups -OCH3 is 1. The van der Waals surface area contributed by atoms with Crippen LogP contribution in [0, 0.1) is 0 Å². The molecule has 0 N–H and O–H groups in total. The van der Waals surface area contributed by atoms with Gasteiger partial charge >= 0.3 is 0 Å². The second-order valence-electron chi connectivity index (χ2n) is 5.37. The van der Waals surface area contributed by atoms with Crippen LogP contribution in [-0.2, 0) is 9.47 Å². The molecule has 1 heterocycles. The molecule has 0 atom stereocenters. The van der Waals surface area contributed by atoms with Crippen LogP contribution in [0.4, 0.5) is 0 Å². The van der Waals surface area contributed by atoms with E-state index >= 15 is 0 Å². The largest absolute Gasteiger partial charge is 0.501 e. The first-order valence-corrected chi connectivity index (χ1v) is 6.54. The Kier molecular flexibility index (Phi) is 4.67. The molecule has 0 aromatic carbocycles. The SMILES string of the molecule is CC/C(OC)=C(C)\C(C)=C1/CCCC(C)(C)O1. The van der Waals surface area contributed by atoms with Gasteiger partial charge in [0.2, 0.25) is 0 Å². The summed E-state index contributed by atoms with van der Waals surface area (Å²) in [5, 5.41) is 0. The van der Waals surface area contributed by atoms with E-state index < -0.39 is 0 Å². The molecule has 0 bridgehead atoms. The van der Waals surface area contributed by atoms with Crippen molar-refractivity contribution < 1.29 is 9.47 Å². The minimum Gasteiger partial charge on any atom is -0.501 e. The first-order chi connectivity index (χ1) is 7.91. The molecule has 1 fully saturated rings. The van der Waals surface area contributed by atoms with E-state index in [2.05, 4.69) is 34.6 Å². The lowest BCUT2D eigenvalue weighted by Crippen LogP contribution is -2.28. The molecule has 0 amide bonds. The van der Waals surface area contributed by atoms with Gasteiger partial charge in [-0.05, 0) is 51.7 Å². The van der Waals surface area contributed by atoms with E-state index in [0.29, 0.717) is 0 Å². The van der Waals surface area contributed by atoms with Crippen molar-refractivity contribution in [3.63, 3.8) is 0 Å². The molecule has 1 rings (SSSR count). The van der Waals surface area contributed by atoms with Gasteiger partial charge in [0.25, 0.3) is 0 Å². The smallest absolute Gasteiger partial charge is 0.103 e. The van der Waals surface area contributed by atoms with Crippen LogP contribution < -0.4 is 0 Å². The van der Waals surface area contributed by atoms with Crippen molar-refractivity contribution in [2.24, 2.45) is 0 Å². The van der Waals surface area contributed by atoms with Crippen LogP contribution in [0.3, 0.4) is 0 Å². The average Bonchev–Trinajstić information content (AvgIpc) is 2.28. The predicted molar refractivity (Wildman–Crippen MR) is 71.7 cm³/mol. The van der Waals surface area contributed by atoms with Crippen molar-refractivity contribution in [1.29, 1.82) is 0 Å². The molecule has 1 aliphatic heterocycles. The van der Waals surface area contributed by atoms with Gasteiger partial charge in [0.05, 0.1) is 12.9 Å². The highest BCUT2D eigenvalue weighted by molar-refractivity contribution is 5.32. The molecule has 0 radical (unpaired) electrons. The summed E-state index contributed by atoms with van der Waals surface area (Å²) in [4.78, 5) is 0. The molecule has 98 valence electrons. The molecule has 1 saturated heterocycles. The number of hydrogen-bond donors (Lipinski definition) is 0. The number of rotatable bonds is 3. The van der Waals surface area contributed by atoms with Crippen LogP contribution in [-0.4, -0.2) is 12.7 Å². The van der Waals surface area contributed by atoms with Gasteiger partial charge in [-0.15, -0.1) is 0 Å². The first-order valence-electron chi connectivity index (χ1n) is 6.54. The lowest BCUT2D eigenvalue weighted by atomic mass is 9.94. The fourth-order valence-corrected chi connectivity index (χ4v) is 2.36. The summed E-state index contributed by atoms with van der Waals surface area (Å²) in [5.74, 6) is 2.20. The van der Waals surface area contributed by atoms with E-state index in [-0.39, 0.29) is 5.60 Å². The lowest BCUT2D eigenvalue weighted by molar-refractivity contribution is -0.00365. The van der Waals surface area contributed by atoms with E-state index in [1.165, 1.54) is 17.6 Å². The van der Waals surface area contributed by atoms with E-state index in [4.69, 9.17) is 9.47 Å². The molecule has 0 spiro atoms. The molecular weight excluding hydrogens is 212 g/mol. The average molecular weight is 238 g/mol. The van der Waals surface area contributed by atoms with Crippen molar-refractivity contribution in [1.82, 2.24) is 0 Å². The topological polar surface area (TPSA) is 18.5 Å². The van der Waals surface area contributed by atoms with Gasteiger partial charge in [-0.1, -0.05) is 6.92 Å². The summed E-state index contributed by atoms with van der Waals surface area (Å²) in [6, 6.07) is 0. The summed E-state index contributed by atoms with van der Waals surface area (Å²) in [7, 11) is 1.74. The molecule has 1 aliphatic rings. The minimum atomic E-state index is -0.0193. The van der Waals surface area contributed by atoms with Gasteiger partial charge in [-0.3, -0.25) is 0 Å². The molecule has 0 aromatic heterocycles. The molecule has 2 heteroatoms. The molecule has 0 aliphatic carbocycles. The normalized spacial score (nSPS) is 23.6. The molecular formula is C15H26O2. The maximum absolute atomic E-state index is 6.09. The van der Waals surface area contributed by atoms with Gasteiger partial charge in [0, 0.05) is 12.8 Å². The maximum atomic E-state index is 6.09. The van der Waals surface area contributed by atoms with Gasteiger partial charge in [0.1, 0.15) is 11.4 Å². The van der Waals surface area contributed by atoms with Gasteiger partial charge in [-0.2, -0.15) is 0 Å². The fourth-order valence-electron chi connectivity index (χ4n) is 2.36. The van der Waals surface area contributed by atoms with E-state index in [1.54, 1.807) is 7.11 Å². The Labute approximate surface area is 106 Å². The van der Waals surface area contributed by atoms with Crippen molar-refractivity contribution in [2.45, 2.75) is 65.9 Å². The maximum Gasteiger partial charge on any atom is 0.103 e. The monoisotopic (exact) mass is 238 g/mol. The molecule has 0 unspecified atom stereocenters. The summed E-state index contributed by atoms with van der Waals surface area (Å²) in [6.07, 6.45) is 4.32. The highest BCUT2D eigenvalue weighted by Gasteiger charge is 2.26. The Hall–Kier alpha value is -0.920. The molecule has 2 nitrogen and oxygen atoms in total. The summed E-state index contributed by atoms with van der Waals surface area (Å²) >= 11 is 0. The van der Waals surface area contributed by atoms with Crippen LogP contribution in [0.1, 0.15) is 60.3 Å². The second-order valence-corrected chi connectivity index (χ2v) is 5.37. The Bertz CT molecular complexity index is 329. The van der Waals surface area contributed by atoms with E-state index in [1.807, 2.05) is 0 Å². The van der Waals surface area contributed by atoms with E-state index in [9.17, 15) is 0 Å². The van der Waals surface area contributed by atoms with Gasteiger partial charge < -0.3 is 9.47 Å².